The highest BCUT2D eigenvalue weighted by Crippen LogP contribution is 2.25. The molecule has 0 radical (unpaired) electrons. The third-order valence-electron chi connectivity index (χ3n) is 4.03. The smallest absolute Gasteiger partial charge is 0.323 e. The lowest BCUT2D eigenvalue weighted by molar-refractivity contribution is -0.144. The third kappa shape index (κ3) is 5.27. The van der Waals surface area contributed by atoms with Crippen LogP contribution in [0.1, 0.15) is 17.0 Å². The van der Waals surface area contributed by atoms with Crippen molar-refractivity contribution in [3.05, 3.63) is 64.9 Å². The molecular formula is C20H20N2O4S. The third-order valence-corrected chi connectivity index (χ3v) is 4.93. The maximum atomic E-state index is 12.6. The van der Waals surface area contributed by atoms with E-state index in [2.05, 4.69) is 4.98 Å². The van der Waals surface area contributed by atoms with Crippen LogP contribution in [0, 0.1) is 6.92 Å². The lowest BCUT2D eigenvalue weighted by Gasteiger charge is -2.20. The van der Waals surface area contributed by atoms with E-state index in [1.54, 1.807) is 5.38 Å². The van der Waals surface area contributed by atoms with Crippen molar-refractivity contribution in [2.75, 3.05) is 13.1 Å². The maximum absolute atomic E-state index is 12.6. The van der Waals surface area contributed by atoms with Crippen LogP contribution >= 0.6 is 11.3 Å². The van der Waals surface area contributed by atoms with Crippen molar-refractivity contribution in [2.45, 2.75) is 19.8 Å². The van der Waals surface area contributed by atoms with Crippen LogP contribution in [0.2, 0.25) is 0 Å². The van der Waals surface area contributed by atoms with E-state index in [0.29, 0.717) is 29.4 Å². The average Bonchev–Trinajstić information content (AvgIpc) is 3.28. The first-order valence-corrected chi connectivity index (χ1v) is 9.44. The minimum atomic E-state index is -1.03. The molecule has 3 rings (SSSR count). The van der Waals surface area contributed by atoms with Crippen LogP contribution in [0.3, 0.4) is 0 Å². The highest BCUT2D eigenvalue weighted by atomic mass is 32.1. The summed E-state index contributed by atoms with van der Waals surface area (Å²) in [5, 5.41) is 11.6. The number of benzene rings is 1. The van der Waals surface area contributed by atoms with E-state index in [9.17, 15) is 9.59 Å². The molecule has 2 aromatic heterocycles. The van der Waals surface area contributed by atoms with Gasteiger partial charge in [-0.2, -0.15) is 0 Å². The number of hydrogen-bond acceptors (Lipinski definition) is 5. The zero-order valence-electron chi connectivity index (χ0n) is 14.9. The van der Waals surface area contributed by atoms with Gasteiger partial charge in [0.05, 0.1) is 12.1 Å². The summed E-state index contributed by atoms with van der Waals surface area (Å²) in [5.41, 5.74) is 1.67. The van der Waals surface area contributed by atoms with Gasteiger partial charge in [-0.1, -0.05) is 30.3 Å². The van der Waals surface area contributed by atoms with Gasteiger partial charge in [0.25, 0.3) is 0 Å². The van der Waals surface area contributed by atoms with Crippen LogP contribution in [0.5, 0.6) is 0 Å². The quantitative estimate of drug-likeness (QED) is 0.643. The first-order valence-electron chi connectivity index (χ1n) is 8.56. The molecule has 0 aliphatic carbocycles. The molecule has 0 fully saturated rings. The number of aliphatic carboxylic acids is 1. The molecule has 140 valence electrons. The van der Waals surface area contributed by atoms with E-state index < -0.39 is 5.97 Å². The van der Waals surface area contributed by atoms with E-state index in [4.69, 9.17) is 9.52 Å². The molecule has 0 spiro atoms. The topological polar surface area (TPSA) is 83.6 Å². The van der Waals surface area contributed by atoms with Gasteiger partial charge in [-0.05, 0) is 31.0 Å². The summed E-state index contributed by atoms with van der Waals surface area (Å²) in [6.07, 6.45) is 0.673. The predicted molar refractivity (Wildman–Crippen MR) is 103 cm³/mol. The fourth-order valence-electron chi connectivity index (χ4n) is 2.68. The summed E-state index contributed by atoms with van der Waals surface area (Å²) in [6.45, 7) is 1.89. The van der Waals surface area contributed by atoms with Crippen LogP contribution in [-0.4, -0.2) is 40.0 Å². The van der Waals surface area contributed by atoms with Gasteiger partial charge in [0.15, 0.2) is 10.8 Å². The van der Waals surface area contributed by atoms with Crippen molar-refractivity contribution in [3.8, 4) is 10.8 Å². The highest BCUT2D eigenvalue weighted by molar-refractivity contribution is 7.13. The Kier molecular flexibility index (Phi) is 6.03. The molecule has 0 saturated heterocycles. The highest BCUT2D eigenvalue weighted by Gasteiger charge is 2.19. The van der Waals surface area contributed by atoms with Crippen LogP contribution in [0.25, 0.3) is 10.8 Å². The normalized spacial score (nSPS) is 10.7. The molecule has 6 nitrogen and oxygen atoms in total. The fraction of sp³-hybridized carbons (Fsp3) is 0.250. The molecule has 0 unspecified atom stereocenters. The second kappa shape index (κ2) is 8.64. The number of furan rings is 1. The minimum absolute atomic E-state index is 0.0677. The van der Waals surface area contributed by atoms with Gasteiger partial charge >= 0.3 is 5.97 Å². The van der Waals surface area contributed by atoms with Gasteiger partial charge in [0.1, 0.15) is 12.3 Å². The number of carbonyl (C=O) groups excluding carboxylic acids is 1. The van der Waals surface area contributed by atoms with E-state index in [0.717, 1.165) is 11.3 Å². The summed E-state index contributed by atoms with van der Waals surface area (Å²) >= 11 is 1.40. The minimum Gasteiger partial charge on any atom is -0.480 e. The van der Waals surface area contributed by atoms with Crippen molar-refractivity contribution < 1.29 is 19.1 Å². The summed E-state index contributed by atoms with van der Waals surface area (Å²) in [6, 6.07) is 13.4. The first-order chi connectivity index (χ1) is 13.0. The second-order valence-electron chi connectivity index (χ2n) is 6.18. The molecule has 1 N–H and O–H groups in total. The molecule has 1 aromatic carbocycles. The van der Waals surface area contributed by atoms with Crippen LogP contribution in [0.15, 0.2) is 52.3 Å². The van der Waals surface area contributed by atoms with E-state index in [1.807, 2.05) is 49.4 Å². The van der Waals surface area contributed by atoms with Gasteiger partial charge in [0, 0.05) is 11.9 Å². The second-order valence-corrected chi connectivity index (χ2v) is 7.03. The first kappa shape index (κ1) is 18.8. The lowest BCUT2D eigenvalue weighted by atomic mass is 10.1. The van der Waals surface area contributed by atoms with Crippen molar-refractivity contribution in [2.24, 2.45) is 0 Å². The molecule has 3 aromatic rings. The van der Waals surface area contributed by atoms with E-state index in [-0.39, 0.29) is 18.9 Å². The van der Waals surface area contributed by atoms with Gasteiger partial charge < -0.3 is 14.4 Å². The van der Waals surface area contributed by atoms with Crippen LogP contribution in [-0.2, 0) is 22.4 Å². The molecule has 7 heteroatoms. The van der Waals surface area contributed by atoms with Gasteiger partial charge in [0.2, 0.25) is 5.91 Å². The molecule has 2 heterocycles. The van der Waals surface area contributed by atoms with Crippen LogP contribution in [0.4, 0.5) is 0 Å². The van der Waals surface area contributed by atoms with Gasteiger partial charge in [-0.25, -0.2) is 4.98 Å². The Morgan fingerprint density at radius 3 is 2.63 bits per heavy atom. The Balaban J connectivity index is 1.65. The Bertz CT molecular complexity index is 917. The molecule has 0 aliphatic heterocycles. The molecule has 0 aliphatic rings. The van der Waals surface area contributed by atoms with Crippen molar-refractivity contribution in [3.63, 3.8) is 0 Å². The Hall–Kier alpha value is -2.93. The molecule has 0 bridgehead atoms. The number of aromatic nitrogens is 1. The van der Waals surface area contributed by atoms with Crippen molar-refractivity contribution >= 4 is 23.2 Å². The number of hydrogen-bond donors (Lipinski definition) is 1. The average molecular weight is 384 g/mol. The fourth-order valence-corrected chi connectivity index (χ4v) is 3.46. The Morgan fingerprint density at radius 2 is 1.96 bits per heavy atom. The standard InChI is InChI=1S/C20H20N2O4S/c1-14-7-8-17(26-14)20-21-16(13-27-20)11-18(23)22(12-19(24)25)10-9-15-5-3-2-4-6-15/h2-8,13H,9-12H2,1H3,(H,24,25). The number of thiazole rings is 1. The zero-order valence-corrected chi connectivity index (χ0v) is 15.7. The van der Waals surface area contributed by atoms with E-state index >= 15 is 0 Å². The van der Waals surface area contributed by atoms with Gasteiger partial charge in [-0.15, -0.1) is 11.3 Å². The summed E-state index contributed by atoms with van der Waals surface area (Å²) < 4.78 is 5.55. The number of rotatable bonds is 8. The van der Waals surface area contributed by atoms with Gasteiger partial charge in [-0.3, -0.25) is 9.59 Å². The summed E-state index contributed by atoms with van der Waals surface area (Å²) in [5.74, 6) is 0.191. The van der Waals surface area contributed by atoms with Crippen molar-refractivity contribution in [1.82, 2.24) is 9.88 Å². The van der Waals surface area contributed by atoms with Crippen molar-refractivity contribution in [1.29, 1.82) is 0 Å². The molecule has 0 atom stereocenters. The van der Waals surface area contributed by atoms with E-state index in [1.165, 1.54) is 16.2 Å². The SMILES string of the molecule is Cc1ccc(-c2nc(CC(=O)N(CCc3ccccc3)CC(=O)O)cs2)o1. The predicted octanol–water partition coefficient (Wildman–Crippen LogP) is 3.41. The zero-order chi connectivity index (χ0) is 19.2. The number of carboxylic acids is 1. The Labute approximate surface area is 161 Å². The Morgan fingerprint density at radius 1 is 1.19 bits per heavy atom. The number of carbonyl (C=O) groups is 2. The monoisotopic (exact) mass is 384 g/mol. The number of aryl methyl sites for hydroxylation is 1. The summed E-state index contributed by atoms with van der Waals surface area (Å²) in [4.78, 5) is 29.6. The largest absolute Gasteiger partial charge is 0.480 e. The number of nitrogens with zero attached hydrogens (tertiary/aromatic N) is 2. The van der Waals surface area contributed by atoms with Crippen LogP contribution < -0.4 is 0 Å². The number of carboxylic acid groups (broad SMARTS) is 1. The number of amides is 1. The maximum Gasteiger partial charge on any atom is 0.323 e. The molecule has 0 saturated carbocycles. The molecule has 1 amide bonds. The molecule has 27 heavy (non-hydrogen) atoms. The summed E-state index contributed by atoms with van der Waals surface area (Å²) in [7, 11) is 0. The molecular weight excluding hydrogens is 364 g/mol. The lowest BCUT2D eigenvalue weighted by Crippen LogP contribution is -2.38.